The molecular weight excluding hydrogens is 378 g/mol. The van der Waals surface area contributed by atoms with Gasteiger partial charge in [0.2, 0.25) is 0 Å². The molecule has 0 saturated carbocycles. The van der Waals surface area contributed by atoms with Crippen LogP contribution in [-0.4, -0.2) is 33.4 Å². The molecule has 2 atom stereocenters. The summed E-state index contributed by atoms with van der Waals surface area (Å²) in [6.07, 6.45) is 4.86. The highest BCUT2D eigenvalue weighted by Crippen LogP contribution is 2.43. The molecule has 126 valence electrons. The summed E-state index contributed by atoms with van der Waals surface area (Å²) in [6, 6.07) is 12.6. The van der Waals surface area contributed by atoms with Crippen molar-refractivity contribution in [3.63, 3.8) is 0 Å². The maximum atomic E-state index is 13.2. The molecule has 1 N–H and O–H groups in total. The summed E-state index contributed by atoms with van der Waals surface area (Å²) in [5, 5.41) is 0. The molecule has 1 saturated heterocycles. The summed E-state index contributed by atoms with van der Waals surface area (Å²) in [6.45, 7) is 0.843. The van der Waals surface area contributed by atoms with Crippen LogP contribution in [0.4, 0.5) is 0 Å². The summed E-state index contributed by atoms with van der Waals surface area (Å²) in [4.78, 5) is 22.6. The lowest BCUT2D eigenvalue weighted by atomic mass is 9.88. The molecule has 4 nitrogen and oxygen atoms in total. The number of carbonyl (C=O) groups excluding carboxylic acids is 1. The Morgan fingerprint density at radius 3 is 3.08 bits per heavy atom. The largest absolute Gasteiger partial charge is 0.345 e. The minimum Gasteiger partial charge on any atom is -0.345 e. The lowest BCUT2D eigenvalue weighted by Crippen LogP contribution is -2.46. The number of fused-ring (bicyclic) bond motifs is 4. The molecule has 5 rings (SSSR count). The zero-order valence-corrected chi connectivity index (χ0v) is 15.3. The molecule has 1 amide bonds. The quantitative estimate of drug-likeness (QED) is 0.668. The zero-order chi connectivity index (χ0) is 17.0. The van der Waals surface area contributed by atoms with Gasteiger partial charge in [0.15, 0.2) is 0 Å². The Hall–Kier alpha value is -2.14. The van der Waals surface area contributed by atoms with Crippen molar-refractivity contribution in [2.45, 2.75) is 31.2 Å². The van der Waals surface area contributed by atoms with E-state index in [1.54, 1.807) is 6.33 Å². The second-order valence-corrected chi connectivity index (χ2v) is 7.91. The van der Waals surface area contributed by atoms with Gasteiger partial charge >= 0.3 is 0 Å². The van der Waals surface area contributed by atoms with E-state index in [1.807, 2.05) is 18.2 Å². The molecule has 2 aliphatic rings. The topological polar surface area (TPSA) is 49.0 Å². The number of aromatic nitrogens is 2. The average molecular weight is 396 g/mol. The standard InChI is InChI=1S/C20H18BrN3O/c21-14-5-3-12-9-19-15(16(12)10-14)2-1-7-24(19)20(25)13-4-6-17-18(8-13)23-11-22-17/h3-6,8,10-11,15,19H,1-2,7,9H2,(H,22,23)/t15-,19+/m0/s1. The summed E-state index contributed by atoms with van der Waals surface area (Å²) in [5.41, 5.74) is 5.36. The van der Waals surface area contributed by atoms with Crippen LogP contribution in [0.15, 0.2) is 47.2 Å². The van der Waals surface area contributed by atoms with Gasteiger partial charge in [0.05, 0.1) is 17.4 Å². The van der Waals surface area contributed by atoms with Gasteiger partial charge in [-0.1, -0.05) is 22.0 Å². The number of H-pyrrole nitrogens is 1. The van der Waals surface area contributed by atoms with Crippen molar-refractivity contribution in [1.29, 1.82) is 0 Å². The molecule has 2 aromatic carbocycles. The summed E-state index contributed by atoms with van der Waals surface area (Å²) in [5.74, 6) is 0.596. The number of benzene rings is 2. The Labute approximate surface area is 154 Å². The van der Waals surface area contributed by atoms with E-state index >= 15 is 0 Å². The van der Waals surface area contributed by atoms with Gasteiger partial charge in [0.25, 0.3) is 5.91 Å². The van der Waals surface area contributed by atoms with Crippen LogP contribution >= 0.6 is 15.9 Å². The minimum atomic E-state index is 0.137. The van der Waals surface area contributed by atoms with Crippen LogP contribution < -0.4 is 0 Å². The van der Waals surface area contributed by atoms with Gasteiger partial charge in [0, 0.05) is 28.5 Å². The smallest absolute Gasteiger partial charge is 0.254 e. The van der Waals surface area contributed by atoms with E-state index in [-0.39, 0.29) is 11.9 Å². The number of aromatic amines is 1. The lowest BCUT2D eigenvalue weighted by molar-refractivity contribution is 0.0595. The molecular formula is C20H18BrN3O. The number of hydrogen-bond donors (Lipinski definition) is 1. The van der Waals surface area contributed by atoms with Crippen molar-refractivity contribution >= 4 is 32.9 Å². The number of carbonyl (C=O) groups is 1. The number of piperidine rings is 1. The van der Waals surface area contributed by atoms with Crippen LogP contribution in [-0.2, 0) is 6.42 Å². The molecule has 0 unspecified atom stereocenters. The molecule has 3 aromatic rings. The fourth-order valence-corrected chi connectivity index (χ4v) is 4.86. The minimum absolute atomic E-state index is 0.137. The Morgan fingerprint density at radius 2 is 2.16 bits per heavy atom. The second kappa shape index (κ2) is 5.70. The van der Waals surface area contributed by atoms with Crippen LogP contribution in [0.5, 0.6) is 0 Å². The molecule has 25 heavy (non-hydrogen) atoms. The zero-order valence-electron chi connectivity index (χ0n) is 13.7. The normalized spacial score (nSPS) is 22.0. The number of halogens is 1. The van der Waals surface area contributed by atoms with Crippen LogP contribution in [0.2, 0.25) is 0 Å². The summed E-state index contributed by atoms with van der Waals surface area (Å²) in [7, 11) is 0. The SMILES string of the molecule is O=C(c1ccc2nc[nH]c2c1)N1CCC[C@H]2c3cc(Br)ccc3C[C@H]21. The molecule has 0 radical (unpaired) electrons. The summed E-state index contributed by atoms with van der Waals surface area (Å²) < 4.78 is 1.13. The van der Waals surface area contributed by atoms with E-state index in [0.29, 0.717) is 5.92 Å². The first-order chi connectivity index (χ1) is 12.2. The average Bonchev–Trinajstić information content (AvgIpc) is 3.24. The van der Waals surface area contributed by atoms with E-state index in [2.05, 4.69) is 49.0 Å². The van der Waals surface area contributed by atoms with Gasteiger partial charge in [-0.15, -0.1) is 0 Å². The molecule has 1 aliphatic heterocycles. The molecule has 2 heterocycles. The number of likely N-dealkylation sites (tertiary alicyclic amines) is 1. The van der Waals surface area contributed by atoms with Crippen molar-refractivity contribution in [3.05, 3.63) is 63.9 Å². The van der Waals surface area contributed by atoms with Crippen LogP contribution in [0, 0.1) is 0 Å². The fourth-order valence-electron chi connectivity index (χ4n) is 4.48. The van der Waals surface area contributed by atoms with E-state index in [0.717, 1.165) is 46.9 Å². The third-order valence-corrected chi connectivity index (χ3v) is 6.14. The van der Waals surface area contributed by atoms with Gasteiger partial charge in [0.1, 0.15) is 0 Å². The number of imidazole rings is 1. The van der Waals surface area contributed by atoms with Crippen molar-refractivity contribution in [1.82, 2.24) is 14.9 Å². The molecule has 0 spiro atoms. The first-order valence-electron chi connectivity index (χ1n) is 8.73. The molecule has 0 bridgehead atoms. The third kappa shape index (κ3) is 2.41. The predicted molar refractivity (Wildman–Crippen MR) is 101 cm³/mol. The monoisotopic (exact) mass is 395 g/mol. The number of amides is 1. The van der Waals surface area contributed by atoms with E-state index in [4.69, 9.17) is 0 Å². The van der Waals surface area contributed by atoms with Crippen LogP contribution in [0.25, 0.3) is 11.0 Å². The molecule has 1 fully saturated rings. The highest BCUT2D eigenvalue weighted by atomic mass is 79.9. The van der Waals surface area contributed by atoms with Crippen molar-refractivity contribution in [3.8, 4) is 0 Å². The van der Waals surface area contributed by atoms with Gasteiger partial charge in [-0.25, -0.2) is 4.98 Å². The van der Waals surface area contributed by atoms with Gasteiger partial charge in [-0.2, -0.15) is 0 Å². The Bertz CT molecular complexity index is 980. The number of nitrogens with zero attached hydrogens (tertiary/aromatic N) is 2. The molecule has 1 aromatic heterocycles. The van der Waals surface area contributed by atoms with Crippen molar-refractivity contribution < 1.29 is 4.79 Å². The van der Waals surface area contributed by atoms with Crippen LogP contribution in [0.1, 0.15) is 40.2 Å². The van der Waals surface area contributed by atoms with E-state index in [1.165, 1.54) is 11.1 Å². The van der Waals surface area contributed by atoms with Gasteiger partial charge in [-0.05, 0) is 60.7 Å². The van der Waals surface area contributed by atoms with E-state index in [9.17, 15) is 4.79 Å². The van der Waals surface area contributed by atoms with Crippen molar-refractivity contribution in [2.24, 2.45) is 0 Å². The number of rotatable bonds is 1. The Balaban J connectivity index is 1.48. The van der Waals surface area contributed by atoms with Gasteiger partial charge in [-0.3, -0.25) is 4.79 Å². The van der Waals surface area contributed by atoms with Gasteiger partial charge < -0.3 is 9.88 Å². The molecule has 1 aliphatic carbocycles. The Morgan fingerprint density at radius 1 is 1.24 bits per heavy atom. The Kier molecular flexibility index (Phi) is 3.45. The van der Waals surface area contributed by atoms with Crippen molar-refractivity contribution in [2.75, 3.05) is 6.54 Å². The number of nitrogens with one attached hydrogen (secondary N) is 1. The van der Waals surface area contributed by atoms with E-state index < -0.39 is 0 Å². The highest BCUT2D eigenvalue weighted by Gasteiger charge is 2.40. The number of hydrogen-bond acceptors (Lipinski definition) is 2. The highest BCUT2D eigenvalue weighted by molar-refractivity contribution is 9.10. The third-order valence-electron chi connectivity index (χ3n) is 5.64. The second-order valence-electron chi connectivity index (χ2n) is 7.00. The fraction of sp³-hybridized carbons (Fsp3) is 0.300. The maximum Gasteiger partial charge on any atom is 0.254 e. The molecule has 5 heteroatoms. The maximum absolute atomic E-state index is 13.2. The summed E-state index contributed by atoms with van der Waals surface area (Å²) >= 11 is 3.59. The predicted octanol–water partition coefficient (Wildman–Crippen LogP) is 4.27. The lowest BCUT2D eigenvalue weighted by Gasteiger charge is -2.38. The first kappa shape index (κ1) is 15.1. The van der Waals surface area contributed by atoms with Crippen LogP contribution in [0.3, 0.4) is 0 Å². The first-order valence-corrected chi connectivity index (χ1v) is 9.52.